The predicted octanol–water partition coefficient (Wildman–Crippen LogP) is 1.87. The second-order valence-electron chi connectivity index (χ2n) is 3.54. The molecule has 2 rings (SSSR count). The van der Waals surface area contributed by atoms with E-state index >= 15 is 0 Å². The van der Waals surface area contributed by atoms with Crippen molar-refractivity contribution in [1.82, 2.24) is 4.57 Å². The van der Waals surface area contributed by atoms with Gasteiger partial charge in [0.2, 0.25) is 0 Å². The highest BCUT2D eigenvalue weighted by molar-refractivity contribution is 14.1. The Morgan fingerprint density at radius 2 is 2.08 bits per heavy atom. The molecule has 0 aromatic carbocycles. The van der Waals surface area contributed by atoms with Crippen LogP contribution in [0.2, 0.25) is 0 Å². The summed E-state index contributed by atoms with van der Waals surface area (Å²) in [7, 11) is 1.88. The first-order chi connectivity index (χ1) is 6.20. The first-order valence-corrected chi connectivity index (χ1v) is 5.65. The van der Waals surface area contributed by atoms with Crippen LogP contribution in [0, 0.1) is 3.57 Å². The van der Waals surface area contributed by atoms with Crippen LogP contribution < -0.4 is 5.56 Å². The Kier molecular flexibility index (Phi) is 2.45. The number of hydrogen-bond acceptors (Lipinski definition) is 1. The molecule has 0 radical (unpaired) electrons. The minimum atomic E-state index is 0.154. The van der Waals surface area contributed by atoms with E-state index in [9.17, 15) is 4.79 Å². The van der Waals surface area contributed by atoms with Crippen LogP contribution in [0.4, 0.5) is 0 Å². The van der Waals surface area contributed by atoms with E-state index in [1.54, 1.807) is 0 Å². The van der Waals surface area contributed by atoms with Crippen LogP contribution >= 0.6 is 22.6 Å². The quantitative estimate of drug-likeness (QED) is 0.668. The molecule has 2 nitrogen and oxygen atoms in total. The molecule has 1 aliphatic rings. The molecule has 0 spiro atoms. The fraction of sp³-hybridized carbons (Fsp3) is 0.500. The van der Waals surface area contributed by atoms with Crippen LogP contribution in [0.1, 0.15) is 24.1 Å². The molecular formula is C10H12INO. The minimum Gasteiger partial charge on any atom is -0.315 e. The molecule has 0 fully saturated rings. The number of fused-ring (bicyclic) bond motifs is 1. The Morgan fingerprint density at radius 3 is 2.85 bits per heavy atom. The fourth-order valence-corrected chi connectivity index (χ4v) is 2.69. The molecule has 1 aromatic rings. The second kappa shape index (κ2) is 3.44. The fourth-order valence-electron chi connectivity index (χ4n) is 1.95. The van der Waals surface area contributed by atoms with Crippen LogP contribution in [-0.4, -0.2) is 4.57 Å². The lowest BCUT2D eigenvalue weighted by molar-refractivity contribution is 0.621. The maximum absolute atomic E-state index is 11.6. The normalized spacial score (nSPS) is 15.5. The van der Waals surface area contributed by atoms with E-state index in [1.807, 2.05) is 11.6 Å². The Bertz CT molecular complexity index is 395. The Morgan fingerprint density at radius 1 is 1.38 bits per heavy atom. The standard InChI is InChI=1S/C10H12INO/c1-12-9-5-3-2-4-7(9)6-8(11)10(12)13/h6H,2-5H2,1H3. The summed E-state index contributed by atoms with van der Waals surface area (Å²) >= 11 is 2.12. The van der Waals surface area contributed by atoms with E-state index in [2.05, 4.69) is 28.7 Å². The van der Waals surface area contributed by atoms with Crippen LogP contribution in [0.5, 0.6) is 0 Å². The molecule has 0 amide bonds. The van der Waals surface area contributed by atoms with E-state index in [0.717, 1.165) is 16.4 Å². The van der Waals surface area contributed by atoms with Gasteiger partial charge in [-0.3, -0.25) is 4.79 Å². The monoisotopic (exact) mass is 289 g/mol. The lowest BCUT2D eigenvalue weighted by atomic mass is 9.96. The van der Waals surface area contributed by atoms with Gasteiger partial charge < -0.3 is 4.57 Å². The highest BCUT2D eigenvalue weighted by atomic mass is 127. The summed E-state index contributed by atoms with van der Waals surface area (Å²) in [6, 6.07) is 2.05. The zero-order chi connectivity index (χ0) is 9.42. The van der Waals surface area contributed by atoms with Crippen molar-refractivity contribution in [3.8, 4) is 0 Å². The summed E-state index contributed by atoms with van der Waals surface area (Å²) < 4.78 is 2.66. The SMILES string of the molecule is Cn1c2c(cc(I)c1=O)CCCC2. The summed E-state index contributed by atoms with van der Waals surface area (Å²) in [5, 5.41) is 0. The largest absolute Gasteiger partial charge is 0.315 e. The Hall–Kier alpha value is -0.320. The molecule has 0 unspecified atom stereocenters. The van der Waals surface area contributed by atoms with Crippen molar-refractivity contribution in [2.75, 3.05) is 0 Å². The van der Waals surface area contributed by atoms with Gasteiger partial charge in [0.1, 0.15) is 0 Å². The van der Waals surface area contributed by atoms with Crippen molar-refractivity contribution in [3.05, 3.63) is 31.2 Å². The number of aromatic nitrogens is 1. The van der Waals surface area contributed by atoms with Gasteiger partial charge in [-0.05, 0) is 59.9 Å². The van der Waals surface area contributed by atoms with Crippen molar-refractivity contribution >= 4 is 22.6 Å². The van der Waals surface area contributed by atoms with E-state index < -0.39 is 0 Å². The van der Waals surface area contributed by atoms with Crippen LogP contribution in [0.25, 0.3) is 0 Å². The van der Waals surface area contributed by atoms with Crippen LogP contribution in [0.15, 0.2) is 10.9 Å². The van der Waals surface area contributed by atoms with E-state index in [4.69, 9.17) is 0 Å². The molecule has 1 heterocycles. The average Bonchev–Trinajstić information content (AvgIpc) is 2.15. The molecule has 70 valence electrons. The summed E-state index contributed by atoms with van der Waals surface area (Å²) in [6.45, 7) is 0. The summed E-state index contributed by atoms with van der Waals surface area (Å²) in [4.78, 5) is 11.6. The molecular weight excluding hydrogens is 277 g/mol. The second-order valence-corrected chi connectivity index (χ2v) is 4.70. The molecule has 0 atom stereocenters. The number of rotatable bonds is 0. The van der Waals surface area contributed by atoms with Gasteiger partial charge in [0.25, 0.3) is 5.56 Å². The number of pyridine rings is 1. The highest BCUT2D eigenvalue weighted by Crippen LogP contribution is 2.20. The summed E-state index contributed by atoms with van der Waals surface area (Å²) in [6.07, 6.45) is 4.69. The van der Waals surface area contributed by atoms with Gasteiger partial charge in [-0.25, -0.2) is 0 Å². The molecule has 3 heteroatoms. The zero-order valence-electron chi connectivity index (χ0n) is 7.64. The van der Waals surface area contributed by atoms with Gasteiger partial charge in [-0.15, -0.1) is 0 Å². The number of aryl methyl sites for hydroxylation is 1. The third-order valence-corrected chi connectivity index (χ3v) is 3.47. The van der Waals surface area contributed by atoms with Gasteiger partial charge in [-0.2, -0.15) is 0 Å². The number of hydrogen-bond donors (Lipinski definition) is 0. The first-order valence-electron chi connectivity index (χ1n) is 4.57. The maximum atomic E-state index is 11.6. The van der Waals surface area contributed by atoms with E-state index in [0.29, 0.717) is 0 Å². The van der Waals surface area contributed by atoms with Gasteiger partial charge >= 0.3 is 0 Å². The first kappa shape index (κ1) is 9.24. The van der Waals surface area contributed by atoms with Crippen molar-refractivity contribution in [1.29, 1.82) is 0 Å². The van der Waals surface area contributed by atoms with Gasteiger partial charge in [0, 0.05) is 12.7 Å². The molecule has 1 aromatic heterocycles. The molecule has 0 saturated heterocycles. The summed E-state index contributed by atoms with van der Waals surface area (Å²) in [5.74, 6) is 0. The van der Waals surface area contributed by atoms with Crippen LogP contribution in [0.3, 0.4) is 0 Å². The van der Waals surface area contributed by atoms with Crippen molar-refractivity contribution < 1.29 is 0 Å². The number of nitrogens with zero attached hydrogens (tertiary/aromatic N) is 1. The average molecular weight is 289 g/mol. The molecule has 0 saturated carbocycles. The Labute approximate surface area is 91.1 Å². The highest BCUT2D eigenvalue weighted by Gasteiger charge is 2.14. The topological polar surface area (TPSA) is 22.0 Å². The van der Waals surface area contributed by atoms with E-state index in [-0.39, 0.29) is 5.56 Å². The lowest BCUT2D eigenvalue weighted by Gasteiger charge is -2.18. The smallest absolute Gasteiger partial charge is 0.263 e. The van der Waals surface area contributed by atoms with Gasteiger partial charge in [0.15, 0.2) is 0 Å². The van der Waals surface area contributed by atoms with Crippen molar-refractivity contribution in [3.63, 3.8) is 0 Å². The predicted molar refractivity (Wildman–Crippen MR) is 61.0 cm³/mol. The minimum absolute atomic E-state index is 0.154. The third kappa shape index (κ3) is 1.54. The molecule has 0 N–H and O–H groups in total. The van der Waals surface area contributed by atoms with Crippen molar-refractivity contribution in [2.24, 2.45) is 7.05 Å². The molecule has 1 aliphatic carbocycles. The van der Waals surface area contributed by atoms with E-state index in [1.165, 1.54) is 24.1 Å². The lowest BCUT2D eigenvalue weighted by Crippen LogP contribution is -2.26. The maximum Gasteiger partial charge on any atom is 0.263 e. The van der Waals surface area contributed by atoms with Gasteiger partial charge in [-0.1, -0.05) is 0 Å². The molecule has 0 bridgehead atoms. The third-order valence-electron chi connectivity index (χ3n) is 2.70. The van der Waals surface area contributed by atoms with Crippen molar-refractivity contribution in [2.45, 2.75) is 25.7 Å². The van der Waals surface area contributed by atoms with Gasteiger partial charge in [0.05, 0.1) is 3.57 Å². The number of halogens is 1. The zero-order valence-corrected chi connectivity index (χ0v) is 9.80. The molecule has 0 aliphatic heterocycles. The van der Waals surface area contributed by atoms with Crippen LogP contribution in [-0.2, 0) is 19.9 Å². The Balaban J connectivity index is 2.67. The molecule has 13 heavy (non-hydrogen) atoms. The summed E-state index contributed by atoms with van der Waals surface area (Å²) in [5.41, 5.74) is 2.77.